The van der Waals surface area contributed by atoms with Crippen LogP contribution in [0.15, 0.2) is 0 Å². The Morgan fingerprint density at radius 2 is 1.93 bits per heavy atom. The molecular weight excluding hydrogens is 174 g/mol. The molecule has 2 heteroatoms. The lowest BCUT2D eigenvalue weighted by molar-refractivity contribution is 0.113. The minimum Gasteiger partial charge on any atom is -0.396 e. The van der Waals surface area contributed by atoms with Crippen LogP contribution in [-0.2, 0) is 0 Å². The van der Waals surface area contributed by atoms with Gasteiger partial charge in [0.1, 0.15) is 0 Å². The van der Waals surface area contributed by atoms with Crippen LogP contribution in [0.3, 0.4) is 0 Å². The molecule has 0 spiro atoms. The molecule has 2 rings (SSSR count). The molecule has 0 aromatic heterocycles. The summed E-state index contributed by atoms with van der Waals surface area (Å²) in [5, 5.41) is 9.17. The average Bonchev–Trinajstić information content (AvgIpc) is 2.30. The first-order valence-electron chi connectivity index (χ1n) is 6.10. The van der Waals surface area contributed by atoms with E-state index in [0.29, 0.717) is 12.5 Å². The number of nitrogens with zero attached hydrogens (tertiary/aromatic N) is 1. The second-order valence-corrected chi connectivity index (χ2v) is 4.76. The Labute approximate surface area is 87.3 Å². The maximum absolute atomic E-state index is 9.17. The minimum absolute atomic E-state index is 0.379. The van der Waals surface area contributed by atoms with Gasteiger partial charge in [-0.25, -0.2) is 0 Å². The van der Waals surface area contributed by atoms with Crippen LogP contribution in [0.1, 0.15) is 44.9 Å². The van der Waals surface area contributed by atoms with Crippen molar-refractivity contribution < 1.29 is 5.11 Å². The lowest BCUT2D eigenvalue weighted by atomic mass is 9.90. The van der Waals surface area contributed by atoms with Gasteiger partial charge in [0.05, 0.1) is 0 Å². The Bertz CT molecular complexity index is 166. The van der Waals surface area contributed by atoms with Gasteiger partial charge >= 0.3 is 0 Å². The summed E-state index contributed by atoms with van der Waals surface area (Å²) in [5.74, 6) is 0.540. The van der Waals surface area contributed by atoms with E-state index in [0.717, 1.165) is 6.54 Å². The van der Waals surface area contributed by atoms with E-state index >= 15 is 0 Å². The van der Waals surface area contributed by atoms with Gasteiger partial charge in [-0.2, -0.15) is 0 Å². The molecule has 1 aliphatic carbocycles. The van der Waals surface area contributed by atoms with E-state index in [9.17, 15) is 5.11 Å². The van der Waals surface area contributed by atoms with Crippen molar-refractivity contribution in [2.24, 2.45) is 5.92 Å². The van der Waals surface area contributed by atoms with E-state index in [-0.39, 0.29) is 0 Å². The molecule has 2 nitrogen and oxygen atoms in total. The van der Waals surface area contributed by atoms with Crippen molar-refractivity contribution in [3.8, 4) is 0 Å². The zero-order valence-electron chi connectivity index (χ0n) is 9.04. The second-order valence-electron chi connectivity index (χ2n) is 4.76. The highest BCUT2D eigenvalue weighted by atomic mass is 16.3. The van der Waals surface area contributed by atoms with Crippen molar-refractivity contribution in [2.45, 2.75) is 44.9 Å². The predicted octanol–water partition coefficient (Wildman–Crippen LogP) is 2.19. The van der Waals surface area contributed by atoms with Crippen molar-refractivity contribution >= 4 is 0 Å². The Morgan fingerprint density at radius 3 is 2.64 bits per heavy atom. The van der Waals surface area contributed by atoms with Crippen molar-refractivity contribution in [3.63, 3.8) is 0 Å². The lowest BCUT2D eigenvalue weighted by Gasteiger charge is -2.38. The smallest absolute Gasteiger partial charge is 0.0471 e. The molecule has 1 unspecified atom stereocenters. The largest absolute Gasteiger partial charge is 0.396 e. The standard InChI is InChI=1S/C12H22NO/c14-10-11-5-4-8-13(9-11)12-6-2-1-3-7-12/h11,14H,1-10H2. The molecule has 0 bridgehead atoms. The number of hydrogen-bond donors (Lipinski definition) is 1. The summed E-state index contributed by atoms with van der Waals surface area (Å²) in [6.45, 7) is 2.74. The zero-order valence-corrected chi connectivity index (χ0v) is 9.04. The lowest BCUT2D eigenvalue weighted by Crippen LogP contribution is -2.40. The molecule has 2 fully saturated rings. The first-order valence-corrected chi connectivity index (χ1v) is 6.10. The second kappa shape index (κ2) is 5.13. The van der Waals surface area contributed by atoms with E-state index in [1.165, 1.54) is 51.5 Å². The van der Waals surface area contributed by atoms with Gasteiger partial charge in [0, 0.05) is 19.2 Å². The fourth-order valence-electron chi connectivity index (χ4n) is 2.78. The van der Waals surface area contributed by atoms with Gasteiger partial charge in [-0.05, 0) is 38.1 Å². The third kappa shape index (κ3) is 2.48. The zero-order chi connectivity index (χ0) is 9.80. The normalized spacial score (nSPS) is 31.9. The average molecular weight is 196 g/mol. The highest BCUT2D eigenvalue weighted by Gasteiger charge is 2.26. The number of rotatable bonds is 2. The highest BCUT2D eigenvalue weighted by molar-refractivity contribution is 4.94. The fraction of sp³-hybridized carbons (Fsp3) is 0.917. The Balaban J connectivity index is 1.83. The van der Waals surface area contributed by atoms with Crippen LogP contribution >= 0.6 is 0 Å². The molecule has 14 heavy (non-hydrogen) atoms. The third-order valence-electron chi connectivity index (χ3n) is 3.66. The number of aliphatic hydroxyl groups is 1. The van der Waals surface area contributed by atoms with Gasteiger partial charge in [0.2, 0.25) is 0 Å². The van der Waals surface area contributed by atoms with Crippen LogP contribution in [0, 0.1) is 12.0 Å². The molecule has 1 atom stereocenters. The van der Waals surface area contributed by atoms with Crippen LogP contribution in [0.25, 0.3) is 0 Å². The molecular formula is C12H22NO. The van der Waals surface area contributed by atoms with Gasteiger partial charge in [0.15, 0.2) is 0 Å². The third-order valence-corrected chi connectivity index (χ3v) is 3.66. The first kappa shape index (κ1) is 10.4. The molecule has 1 N–H and O–H groups in total. The predicted molar refractivity (Wildman–Crippen MR) is 57.7 cm³/mol. The summed E-state index contributed by atoms with van der Waals surface area (Å²) >= 11 is 0. The molecule has 0 aromatic carbocycles. The maximum Gasteiger partial charge on any atom is 0.0471 e. The topological polar surface area (TPSA) is 23.5 Å². The molecule has 0 aromatic rings. The molecule has 1 saturated heterocycles. The summed E-state index contributed by atoms with van der Waals surface area (Å²) in [5.41, 5.74) is 0. The van der Waals surface area contributed by atoms with E-state index < -0.39 is 0 Å². The molecule has 1 heterocycles. The first-order chi connectivity index (χ1) is 6.90. The van der Waals surface area contributed by atoms with Gasteiger partial charge < -0.3 is 5.11 Å². The minimum atomic E-state index is 0.379. The molecule has 0 amide bonds. The van der Waals surface area contributed by atoms with Crippen molar-refractivity contribution in [1.82, 2.24) is 4.90 Å². The van der Waals surface area contributed by atoms with Crippen molar-refractivity contribution in [3.05, 3.63) is 6.04 Å². The number of hydrogen-bond acceptors (Lipinski definition) is 2. The van der Waals surface area contributed by atoms with Crippen LogP contribution < -0.4 is 0 Å². The van der Waals surface area contributed by atoms with Gasteiger partial charge in [-0.15, -0.1) is 0 Å². The Kier molecular flexibility index (Phi) is 3.82. The van der Waals surface area contributed by atoms with Gasteiger partial charge in [-0.1, -0.05) is 19.3 Å². The van der Waals surface area contributed by atoms with E-state index in [1.807, 2.05) is 0 Å². The van der Waals surface area contributed by atoms with Crippen LogP contribution in [-0.4, -0.2) is 29.7 Å². The SMILES string of the molecule is OCC1CCCN([C]2CCCCC2)C1. The number of aliphatic hydroxyl groups excluding tert-OH is 1. The van der Waals surface area contributed by atoms with E-state index in [2.05, 4.69) is 4.90 Å². The summed E-state index contributed by atoms with van der Waals surface area (Å²) < 4.78 is 0. The summed E-state index contributed by atoms with van der Waals surface area (Å²) in [4.78, 5) is 2.56. The molecule has 2 aliphatic rings. The number of piperidine rings is 1. The Morgan fingerprint density at radius 1 is 1.14 bits per heavy atom. The van der Waals surface area contributed by atoms with Crippen molar-refractivity contribution in [1.29, 1.82) is 0 Å². The van der Waals surface area contributed by atoms with Crippen LogP contribution in [0.5, 0.6) is 0 Å². The maximum atomic E-state index is 9.17. The van der Waals surface area contributed by atoms with Crippen LogP contribution in [0.2, 0.25) is 0 Å². The molecule has 81 valence electrons. The van der Waals surface area contributed by atoms with E-state index in [1.54, 1.807) is 6.04 Å². The fourth-order valence-corrected chi connectivity index (χ4v) is 2.78. The quantitative estimate of drug-likeness (QED) is 0.732. The monoisotopic (exact) mass is 196 g/mol. The summed E-state index contributed by atoms with van der Waals surface area (Å²) in [7, 11) is 0. The molecule has 1 aliphatic heterocycles. The number of likely N-dealkylation sites (tertiary alicyclic amines) is 1. The highest BCUT2D eigenvalue weighted by Crippen LogP contribution is 2.31. The van der Waals surface area contributed by atoms with Crippen LogP contribution in [0.4, 0.5) is 0 Å². The molecule has 1 saturated carbocycles. The van der Waals surface area contributed by atoms with Crippen molar-refractivity contribution in [2.75, 3.05) is 19.7 Å². The Hall–Kier alpha value is -0.0800. The van der Waals surface area contributed by atoms with E-state index in [4.69, 9.17) is 0 Å². The molecule has 1 radical (unpaired) electrons. The van der Waals surface area contributed by atoms with Gasteiger partial charge in [-0.3, -0.25) is 4.90 Å². The summed E-state index contributed by atoms with van der Waals surface area (Å²) in [6, 6.07) is 1.68. The van der Waals surface area contributed by atoms with Gasteiger partial charge in [0.25, 0.3) is 0 Å². The summed E-state index contributed by atoms with van der Waals surface area (Å²) in [6.07, 6.45) is 9.32.